The van der Waals surface area contributed by atoms with Gasteiger partial charge >= 0.3 is 6.18 Å². The summed E-state index contributed by atoms with van der Waals surface area (Å²) in [7, 11) is 0. The molecule has 0 bridgehead atoms. The van der Waals surface area contributed by atoms with Crippen LogP contribution in [0.5, 0.6) is 5.75 Å². The summed E-state index contributed by atoms with van der Waals surface area (Å²) >= 11 is 1.88. The van der Waals surface area contributed by atoms with Gasteiger partial charge in [0.05, 0.1) is 5.56 Å². The van der Waals surface area contributed by atoms with Crippen LogP contribution >= 0.6 is 11.8 Å². The molecular weight excluding hydrogens is 335 g/mol. The Balaban J connectivity index is 1.87. The van der Waals surface area contributed by atoms with Crippen molar-refractivity contribution in [3.05, 3.63) is 29.8 Å². The highest BCUT2D eigenvalue weighted by Gasteiger charge is 2.31. The van der Waals surface area contributed by atoms with E-state index in [0.29, 0.717) is 5.75 Å². The van der Waals surface area contributed by atoms with Gasteiger partial charge in [-0.1, -0.05) is 0 Å². The summed E-state index contributed by atoms with van der Waals surface area (Å²) in [5, 5.41) is 0. The lowest BCUT2D eigenvalue weighted by Gasteiger charge is -2.31. The zero-order chi connectivity index (χ0) is 17.8. The van der Waals surface area contributed by atoms with Gasteiger partial charge in [0.2, 0.25) is 0 Å². The Labute approximate surface area is 146 Å². The van der Waals surface area contributed by atoms with E-state index < -0.39 is 17.3 Å². The maximum absolute atomic E-state index is 12.6. The molecule has 24 heavy (non-hydrogen) atoms. The molecule has 1 aliphatic rings. The zero-order valence-corrected chi connectivity index (χ0v) is 15.3. The number of benzene rings is 1. The molecule has 1 unspecified atom stereocenters. The van der Waals surface area contributed by atoms with E-state index in [-0.39, 0.29) is 0 Å². The van der Waals surface area contributed by atoms with Crippen molar-refractivity contribution in [3.63, 3.8) is 0 Å². The Morgan fingerprint density at radius 2 is 1.88 bits per heavy atom. The molecule has 2 nitrogen and oxygen atoms in total. The van der Waals surface area contributed by atoms with Gasteiger partial charge in [-0.25, -0.2) is 0 Å². The molecule has 0 saturated carbocycles. The van der Waals surface area contributed by atoms with Gasteiger partial charge in [0.15, 0.2) is 0 Å². The first-order valence-corrected chi connectivity index (χ1v) is 9.66. The Hall–Kier alpha value is -0.880. The topological polar surface area (TPSA) is 12.5 Å². The van der Waals surface area contributed by atoms with E-state index in [1.54, 1.807) is 0 Å². The molecule has 1 atom stereocenters. The molecule has 0 amide bonds. The van der Waals surface area contributed by atoms with E-state index >= 15 is 0 Å². The fraction of sp³-hybridized carbons (Fsp3) is 0.667. The molecule has 1 heterocycles. The Kier molecular flexibility index (Phi) is 6.48. The van der Waals surface area contributed by atoms with Crippen molar-refractivity contribution in [2.75, 3.05) is 31.6 Å². The molecule has 0 N–H and O–H groups in total. The lowest BCUT2D eigenvalue weighted by molar-refractivity contribution is -0.137. The van der Waals surface area contributed by atoms with Crippen LogP contribution in [0.3, 0.4) is 0 Å². The van der Waals surface area contributed by atoms with Crippen molar-refractivity contribution in [2.45, 2.75) is 38.5 Å². The van der Waals surface area contributed by atoms with Crippen molar-refractivity contribution in [1.82, 2.24) is 4.90 Å². The second kappa shape index (κ2) is 8.00. The lowest BCUT2D eigenvalue weighted by atomic mass is 10.1. The van der Waals surface area contributed by atoms with E-state index in [1.807, 2.05) is 25.6 Å². The third-order valence-corrected chi connectivity index (χ3v) is 4.92. The van der Waals surface area contributed by atoms with Crippen LogP contribution in [0.25, 0.3) is 0 Å². The summed E-state index contributed by atoms with van der Waals surface area (Å²) in [5.41, 5.74) is -1.09. The molecule has 1 aromatic rings. The fourth-order valence-corrected chi connectivity index (χ4v) is 3.75. The quantitative estimate of drug-likeness (QED) is 0.683. The molecule has 1 fully saturated rings. The van der Waals surface area contributed by atoms with Crippen LogP contribution in [-0.2, 0) is 6.18 Å². The second-order valence-electron chi connectivity index (χ2n) is 7.06. The SMILES string of the molecule is CSCCC1CCN(CC(C)(C)Oc2ccc(C(F)(F)F)cc2)C1. The van der Waals surface area contributed by atoms with Crippen LogP contribution in [0.2, 0.25) is 0 Å². The number of likely N-dealkylation sites (tertiary alicyclic amines) is 1. The van der Waals surface area contributed by atoms with Gasteiger partial charge in [-0.05, 0) is 75.4 Å². The number of halogens is 3. The predicted octanol–water partition coefficient (Wildman–Crippen LogP) is 4.94. The minimum Gasteiger partial charge on any atom is -0.487 e. The first kappa shape index (κ1) is 19.4. The Morgan fingerprint density at radius 1 is 1.21 bits per heavy atom. The van der Waals surface area contributed by atoms with Crippen LogP contribution in [0.1, 0.15) is 32.3 Å². The molecule has 6 heteroatoms. The summed E-state index contributed by atoms with van der Waals surface area (Å²) in [6.07, 6.45) is 0.290. The van der Waals surface area contributed by atoms with Gasteiger partial charge < -0.3 is 4.74 Å². The van der Waals surface area contributed by atoms with Crippen LogP contribution in [-0.4, -0.2) is 42.1 Å². The normalized spacial score (nSPS) is 19.7. The molecule has 0 spiro atoms. The number of thioether (sulfide) groups is 1. The number of rotatable bonds is 7. The molecule has 2 rings (SSSR count). The van der Waals surface area contributed by atoms with Crippen LogP contribution in [0, 0.1) is 5.92 Å². The van der Waals surface area contributed by atoms with Crippen molar-refractivity contribution >= 4 is 11.8 Å². The maximum atomic E-state index is 12.6. The van der Waals surface area contributed by atoms with E-state index in [4.69, 9.17) is 4.74 Å². The Morgan fingerprint density at radius 3 is 2.46 bits per heavy atom. The molecule has 136 valence electrons. The van der Waals surface area contributed by atoms with E-state index in [0.717, 1.165) is 37.7 Å². The maximum Gasteiger partial charge on any atom is 0.416 e. The lowest BCUT2D eigenvalue weighted by Crippen LogP contribution is -2.42. The van der Waals surface area contributed by atoms with Crippen molar-refractivity contribution in [2.24, 2.45) is 5.92 Å². The molecule has 1 aromatic carbocycles. The monoisotopic (exact) mass is 361 g/mol. The summed E-state index contributed by atoms with van der Waals surface area (Å²) in [4.78, 5) is 2.40. The standard InChI is InChI=1S/C18H26F3NOS/c1-17(2,13-22-10-8-14(12-22)9-11-24-3)23-16-6-4-15(5-7-16)18(19,20)21/h4-7,14H,8-13H2,1-3H3. The summed E-state index contributed by atoms with van der Waals surface area (Å²) in [6.45, 7) is 6.91. The highest BCUT2D eigenvalue weighted by Crippen LogP contribution is 2.31. The minimum atomic E-state index is -4.31. The summed E-state index contributed by atoms with van der Waals surface area (Å²) in [5.74, 6) is 2.43. The average Bonchev–Trinajstić information content (AvgIpc) is 2.90. The molecule has 0 aliphatic carbocycles. The number of nitrogens with zero attached hydrogens (tertiary/aromatic N) is 1. The highest BCUT2D eigenvalue weighted by atomic mass is 32.2. The smallest absolute Gasteiger partial charge is 0.416 e. The van der Waals surface area contributed by atoms with Crippen LogP contribution < -0.4 is 4.74 Å². The van der Waals surface area contributed by atoms with E-state index in [9.17, 15) is 13.2 Å². The third kappa shape index (κ3) is 5.88. The highest BCUT2D eigenvalue weighted by molar-refractivity contribution is 7.98. The molecule has 1 aliphatic heterocycles. The number of hydrogen-bond acceptors (Lipinski definition) is 3. The van der Waals surface area contributed by atoms with Crippen molar-refractivity contribution in [3.8, 4) is 5.75 Å². The minimum absolute atomic E-state index is 0.436. The molecule has 1 saturated heterocycles. The number of hydrogen-bond donors (Lipinski definition) is 0. The largest absolute Gasteiger partial charge is 0.487 e. The van der Waals surface area contributed by atoms with Gasteiger partial charge in [0.25, 0.3) is 0 Å². The van der Waals surface area contributed by atoms with E-state index in [1.165, 1.54) is 30.7 Å². The Bertz CT molecular complexity index is 516. The number of ether oxygens (including phenoxy) is 1. The third-order valence-electron chi connectivity index (χ3n) is 4.28. The van der Waals surface area contributed by atoms with Crippen LogP contribution in [0.4, 0.5) is 13.2 Å². The first-order chi connectivity index (χ1) is 11.2. The van der Waals surface area contributed by atoms with Gasteiger partial charge in [-0.3, -0.25) is 4.90 Å². The van der Waals surface area contributed by atoms with Gasteiger partial charge in [-0.15, -0.1) is 0 Å². The fourth-order valence-electron chi connectivity index (χ4n) is 3.18. The molecule has 0 radical (unpaired) electrons. The molecular formula is C18H26F3NOS. The summed E-state index contributed by atoms with van der Waals surface area (Å²) < 4.78 is 43.7. The number of alkyl halides is 3. The van der Waals surface area contributed by atoms with Crippen LogP contribution in [0.15, 0.2) is 24.3 Å². The summed E-state index contributed by atoms with van der Waals surface area (Å²) in [6, 6.07) is 4.94. The predicted molar refractivity (Wildman–Crippen MR) is 93.7 cm³/mol. The average molecular weight is 361 g/mol. The first-order valence-electron chi connectivity index (χ1n) is 8.27. The van der Waals surface area contributed by atoms with Crippen molar-refractivity contribution < 1.29 is 17.9 Å². The van der Waals surface area contributed by atoms with Crippen molar-refractivity contribution in [1.29, 1.82) is 0 Å². The van der Waals surface area contributed by atoms with Gasteiger partial charge in [0.1, 0.15) is 11.4 Å². The van der Waals surface area contributed by atoms with Gasteiger partial charge in [-0.2, -0.15) is 24.9 Å². The van der Waals surface area contributed by atoms with Gasteiger partial charge in [0, 0.05) is 13.1 Å². The second-order valence-corrected chi connectivity index (χ2v) is 8.04. The zero-order valence-electron chi connectivity index (χ0n) is 14.5. The van der Waals surface area contributed by atoms with E-state index in [2.05, 4.69) is 11.2 Å². The molecule has 0 aromatic heterocycles.